The van der Waals surface area contributed by atoms with Gasteiger partial charge in [-0.3, -0.25) is 9.59 Å². The van der Waals surface area contributed by atoms with Gasteiger partial charge in [0.15, 0.2) is 6.61 Å². The Hall–Kier alpha value is -2.83. The van der Waals surface area contributed by atoms with Crippen LogP contribution in [0.5, 0.6) is 0 Å². The molecule has 0 fully saturated rings. The zero-order valence-corrected chi connectivity index (χ0v) is 14.8. The molecular weight excluding hydrogens is 377 g/mol. The number of carbonyl (C=O) groups excluding carboxylic acids is 2. The molecule has 2 aromatic carbocycles. The second-order valence-electron chi connectivity index (χ2n) is 5.30. The highest BCUT2D eigenvalue weighted by Gasteiger charge is 2.12. The van der Waals surface area contributed by atoms with Crippen LogP contribution in [0.3, 0.4) is 0 Å². The summed E-state index contributed by atoms with van der Waals surface area (Å²) < 4.78 is 0. The van der Waals surface area contributed by atoms with Crippen molar-refractivity contribution in [3.63, 3.8) is 0 Å². The summed E-state index contributed by atoms with van der Waals surface area (Å²) in [6.45, 7) is -0.279. The number of halogens is 2. The standard InChI is InChI=1S/C18H13Cl2N3O3/c19-14-6-5-11(7-15(14)20)23-18(25)9-22-26-10-17(24)13-8-21-16-4-2-1-3-12(13)16/h1-9,21H,10H2,(H,23,25). The van der Waals surface area contributed by atoms with Crippen LogP contribution in [0.4, 0.5) is 5.69 Å². The number of nitrogens with zero attached hydrogens (tertiary/aromatic N) is 1. The minimum absolute atomic E-state index is 0.246. The first-order valence-electron chi connectivity index (χ1n) is 7.55. The van der Waals surface area contributed by atoms with E-state index < -0.39 is 5.91 Å². The van der Waals surface area contributed by atoms with Crippen LogP contribution in [0.2, 0.25) is 10.0 Å². The summed E-state index contributed by atoms with van der Waals surface area (Å²) in [6, 6.07) is 12.1. The van der Waals surface area contributed by atoms with Gasteiger partial charge in [0, 0.05) is 28.4 Å². The van der Waals surface area contributed by atoms with Crippen molar-refractivity contribution in [1.29, 1.82) is 0 Å². The summed E-state index contributed by atoms with van der Waals surface area (Å²) in [6.07, 6.45) is 2.56. The summed E-state index contributed by atoms with van der Waals surface area (Å²) in [7, 11) is 0. The van der Waals surface area contributed by atoms with E-state index in [1.165, 1.54) is 6.07 Å². The van der Waals surface area contributed by atoms with Crippen molar-refractivity contribution >= 4 is 57.7 Å². The van der Waals surface area contributed by atoms with E-state index in [2.05, 4.69) is 15.5 Å². The number of rotatable bonds is 6. The Labute approximate surface area is 158 Å². The third kappa shape index (κ3) is 4.22. The second kappa shape index (κ2) is 8.03. The van der Waals surface area contributed by atoms with Crippen LogP contribution in [-0.2, 0) is 9.63 Å². The highest BCUT2D eigenvalue weighted by Crippen LogP contribution is 2.24. The van der Waals surface area contributed by atoms with E-state index in [4.69, 9.17) is 28.0 Å². The number of para-hydroxylation sites is 1. The first-order chi connectivity index (χ1) is 12.5. The molecule has 26 heavy (non-hydrogen) atoms. The number of H-pyrrole nitrogens is 1. The van der Waals surface area contributed by atoms with Crippen molar-refractivity contribution < 1.29 is 14.4 Å². The Balaban J connectivity index is 1.53. The smallest absolute Gasteiger partial charge is 0.270 e. The lowest BCUT2D eigenvalue weighted by molar-refractivity contribution is -0.110. The van der Waals surface area contributed by atoms with Gasteiger partial charge in [-0.15, -0.1) is 0 Å². The molecule has 0 atom stereocenters. The molecule has 3 rings (SSSR count). The number of fused-ring (bicyclic) bond motifs is 1. The van der Waals surface area contributed by atoms with Crippen LogP contribution in [0.1, 0.15) is 10.4 Å². The van der Waals surface area contributed by atoms with Gasteiger partial charge in [-0.2, -0.15) is 0 Å². The molecule has 1 heterocycles. The lowest BCUT2D eigenvalue weighted by Gasteiger charge is -2.03. The van der Waals surface area contributed by atoms with Gasteiger partial charge in [0.05, 0.1) is 10.0 Å². The summed E-state index contributed by atoms with van der Waals surface area (Å²) in [5.74, 6) is -0.771. The van der Waals surface area contributed by atoms with Crippen LogP contribution < -0.4 is 5.32 Å². The molecule has 3 aromatic rings. The first-order valence-corrected chi connectivity index (χ1v) is 8.31. The molecule has 132 valence electrons. The number of aromatic nitrogens is 1. The van der Waals surface area contributed by atoms with Gasteiger partial charge in [0.25, 0.3) is 5.91 Å². The molecule has 8 heteroatoms. The number of Topliss-reactive ketones (excluding diaryl/α,β-unsaturated/α-hetero) is 1. The molecule has 0 aliphatic carbocycles. The summed E-state index contributed by atoms with van der Waals surface area (Å²) in [5, 5.41) is 7.57. The molecular formula is C18H13Cl2N3O3. The number of hydrogen-bond acceptors (Lipinski definition) is 4. The number of hydrogen-bond donors (Lipinski definition) is 2. The monoisotopic (exact) mass is 389 g/mol. The molecule has 0 radical (unpaired) electrons. The van der Waals surface area contributed by atoms with Crippen molar-refractivity contribution in [2.45, 2.75) is 0 Å². The van der Waals surface area contributed by atoms with Crippen LogP contribution in [0.15, 0.2) is 53.8 Å². The quantitative estimate of drug-likeness (QED) is 0.374. The summed E-state index contributed by atoms with van der Waals surface area (Å²) >= 11 is 11.7. The molecule has 6 nitrogen and oxygen atoms in total. The van der Waals surface area contributed by atoms with Gasteiger partial charge in [-0.05, 0) is 24.3 Å². The maximum atomic E-state index is 12.2. The fourth-order valence-corrected chi connectivity index (χ4v) is 2.61. The Kier molecular flexibility index (Phi) is 5.55. The van der Waals surface area contributed by atoms with E-state index >= 15 is 0 Å². The Bertz CT molecular complexity index is 998. The molecule has 0 saturated heterocycles. The van der Waals surface area contributed by atoms with Gasteiger partial charge in [0.2, 0.25) is 5.78 Å². The molecule has 0 unspecified atom stereocenters. The minimum atomic E-state index is -0.525. The maximum absolute atomic E-state index is 12.2. The number of oxime groups is 1. The molecule has 0 aliphatic rings. The Morgan fingerprint density at radius 2 is 1.96 bits per heavy atom. The van der Waals surface area contributed by atoms with Crippen molar-refractivity contribution in [2.75, 3.05) is 11.9 Å². The lowest BCUT2D eigenvalue weighted by Crippen LogP contribution is -2.13. The molecule has 1 aromatic heterocycles. The van der Waals surface area contributed by atoms with Crippen molar-refractivity contribution in [1.82, 2.24) is 4.98 Å². The molecule has 0 bridgehead atoms. The lowest BCUT2D eigenvalue weighted by atomic mass is 10.1. The summed E-state index contributed by atoms with van der Waals surface area (Å²) in [5.41, 5.74) is 1.84. The van der Waals surface area contributed by atoms with E-state index in [1.807, 2.05) is 24.3 Å². The predicted octanol–water partition coefficient (Wildman–Crippen LogP) is 4.30. The number of ketones is 1. The predicted molar refractivity (Wildman–Crippen MR) is 102 cm³/mol. The van der Waals surface area contributed by atoms with E-state index in [-0.39, 0.29) is 12.4 Å². The summed E-state index contributed by atoms with van der Waals surface area (Å²) in [4.78, 5) is 31.9. The Morgan fingerprint density at radius 1 is 1.15 bits per heavy atom. The van der Waals surface area contributed by atoms with E-state index in [1.54, 1.807) is 18.3 Å². The van der Waals surface area contributed by atoms with Crippen LogP contribution in [0, 0.1) is 0 Å². The van der Waals surface area contributed by atoms with Gasteiger partial charge in [-0.1, -0.05) is 46.6 Å². The number of anilines is 1. The third-order valence-electron chi connectivity index (χ3n) is 3.52. The average Bonchev–Trinajstić information content (AvgIpc) is 3.06. The van der Waals surface area contributed by atoms with Gasteiger partial charge < -0.3 is 15.1 Å². The minimum Gasteiger partial charge on any atom is -0.387 e. The van der Waals surface area contributed by atoms with Crippen molar-refractivity contribution in [2.24, 2.45) is 5.16 Å². The van der Waals surface area contributed by atoms with E-state index in [0.29, 0.717) is 21.3 Å². The third-order valence-corrected chi connectivity index (χ3v) is 4.26. The highest BCUT2D eigenvalue weighted by atomic mass is 35.5. The fourth-order valence-electron chi connectivity index (χ4n) is 2.31. The molecule has 0 saturated carbocycles. The van der Waals surface area contributed by atoms with Crippen molar-refractivity contribution in [3.8, 4) is 0 Å². The van der Waals surface area contributed by atoms with Crippen LogP contribution >= 0.6 is 23.2 Å². The topological polar surface area (TPSA) is 83.5 Å². The van der Waals surface area contributed by atoms with Crippen LogP contribution in [0.25, 0.3) is 10.9 Å². The molecule has 0 aliphatic heterocycles. The maximum Gasteiger partial charge on any atom is 0.270 e. The van der Waals surface area contributed by atoms with E-state index in [9.17, 15) is 9.59 Å². The fraction of sp³-hybridized carbons (Fsp3) is 0.0556. The molecule has 0 spiro atoms. The van der Waals surface area contributed by atoms with Gasteiger partial charge >= 0.3 is 0 Å². The number of amides is 1. The SMILES string of the molecule is O=C(C=NOCC(=O)c1c[nH]c2ccccc12)Nc1ccc(Cl)c(Cl)c1. The molecule has 2 N–H and O–H groups in total. The first kappa shape index (κ1) is 18.0. The Morgan fingerprint density at radius 3 is 2.77 bits per heavy atom. The van der Waals surface area contributed by atoms with Gasteiger partial charge in [0.1, 0.15) is 6.21 Å². The van der Waals surface area contributed by atoms with Gasteiger partial charge in [-0.25, -0.2) is 0 Å². The number of nitrogens with one attached hydrogen (secondary N) is 2. The number of benzene rings is 2. The zero-order valence-electron chi connectivity index (χ0n) is 13.3. The largest absolute Gasteiger partial charge is 0.387 e. The second-order valence-corrected chi connectivity index (χ2v) is 6.11. The number of aromatic amines is 1. The van der Waals surface area contributed by atoms with Crippen LogP contribution in [-0.4, -0.2) is 29.5 Å². The normalized spacial score (nSPS) is 11.0. The van der Waals surface area contributed by atoms with Crippen molar-refractivity contribution in [3.05, 3.63) is 64.3 Å². The number of carbonyl (C=O) groups is 2. The molecule has 1 amide bonds. The average molecular weight is 390 g/mol. The zero-order chi connectivity index (χ0) is 18.5. The highest BCUT2D eigenvalue weighted by molar-refractivity contribution is 6.42. The van der Waals surface area contributed by atoms with E-state index in [0.717, 1.165) is 17.1 Å².